The Morgan fingerprint density at radius 1 is 1.16 bits per heavy atom. The third-order valence-electron chi connectivity index (χ3n) is 2.79. The number of hydrogen-bond acceptors (Lipinski definition) is 3. The largest absolute Gasteiger partial charge is 0.484 e. The lowest BCUT2D eigenvalue weighted by Crippen LogP contribution is -2.33. The summed E-state index contributed by atoms with van der Waals surface area (Å²) >= 11 is 0. The van der Waals surface area contributed by atoms with Gasteiger partial charge in [0.05, 0.1) is 0 Å². The number of rotatable bonds is 6. The summed E-state index contributed by atoms with van der Waals surface area (Å²) in [6.45, 7) is 7.92. The summed E-state index contributed by atoms with van der Waals surface area (Å²) < 4.78 is 5.43. The second-order valence-corrected chi connectivity index (χ2v) is 5.52. The van der Waals surface area contributed by atoms with E-state index in [0.29, 0.717) is 6.54 Å². The molecule has 0 fully saturated rings. The SMILES string of the molecule is CNCCNC(=O)COc1ccc(C(C)(C)C)cc1. The predicted molar refractivity (Wildman–Crippen MR) is 77.6 cm³/mol. The van der Waals surface area contributed by atoms with Crippen LogP contribution < -0.4 is 15.4 Å². The molecule has 0 aliphatic heterocycles. The zero-order valence-corrected chi connectivity index (χ0v) is 12.2. The molecular weight excluding hydrogens is 240 g/mol. The first kappa shape index (κ1) is 15.5. The molecule has 1 rings (SSSR count). The molecule has 0 aliphatic rings. The minimum atomic E-state index is -0.102. The lowest BCUT2D eigenvalue weighted by atomic mass is 9.87. The Balaban J connectivity index is 2.40. The zero-order chi connectivity index (χ0) is 14.3. The van der Waals surface area contributed by atoms with Crippen LogP contribution in [0.5, 0.6) is 5.75 Å². The number of carbonyl (C=O) groups excluding carboxylic acids is 1. The number of amides is 1. The van der Waals surface area contributed by atoms with Gasteiger partial charge in [0.1, 0.15) is 5.75 Å². The van der Waals surface area contributed by atoms with Crippen molar-refractivity contribution >= 4 is 5.91 Å². The van der Waals surface area contributed by atoms with Crippen molar-refractivity contribution < 1.29 is 9.53 Å². The number of nitrogens with one attached hydrogen (secondary N) is 2. The maximum absolute atomic E-state index is 11.5. The topological polar surface area (TPSA) is 50.4 Å². The van der Waals surface area contributed by atoms with Gasteiger partial charge in [-0.1, -0.05) is 32.9 Å². The van der Waals surface area contributed by atoms with E-state index in [9.17, 15) is 4.79 Å². The number of likely N-dealkylation sites (N-methyl/N-ethyl adjacent to an activating group) is 1. The fraction of sp³-hybridized carbons (Fsp3) is 0.533. The lowest BCUT2D eigenvalue weighted by molar-refractivity contribution is -0.123. The van der Waals surface area contributed by atoms with E-state index in [-0.39, 0.29) is 17.9 Å². The van der Waals surface area contributed by atoms with Crippen LogP contribution in [0.4, 0.5) is 0 Å². The molecule has 1 aromatic rings. The molecule has 0 saturated carbocycles. The molecule has 0 radical (unpaired) electrons. The highest BCUT2D eigenvalue weighted by Gasteiger charge is 2.13. The van der Waals surface area contributed by atoms with Crippen LogP contribution in [0.2, 0.25) is 0 Å². The third kappa shape index (κ3) is 5.75. The van der Waals surface area contributed by atoms with Gasteiger partial charge in [0.15, 0.2) is 6.61 Å². The first-order valence-electron chi connectivity index (χ1n) is 6.58. The highest BCUT2D eigenvalue weighted by atomic mass is 16.5. The Morgan fingerprint density at radius 3 is 2.32 bits per heavy atom. The summed E-state index contributed by atoms with van der Waals surface area (Å²) in [6.07, 6.45) is 0. The summed E-state index contributed by atoms with van der Waals surface area (Å²) in [5, 5.41) is 5.72. The molecule has 0 unspecified atom stereocenters. The van der Waals surface area contributed by atoms with Crippen LogP contribution in [0.25, 0.3) is 0 Å². The molecule has 0 atom stereocenters. The molecule has 4 nitrogen and oxygen atoms in total. The molecule has 0 aliphatic carbocycles. The Bertz CT molecular complexity index is 394. The fourth-order valence-electron chi connectivity index (χ4n) is 1.58. The van der Waals surface area contributed by atoms with Gasteiger partial charge in [-0.05, 0) is 30.2 Å². The van der Waals surface area contributed by atoms with E-state index in [0.717, 1.165) is 12.3 Å². The third-order valence-corrected chi connectivity index (χ3v) is 2.79. The van der Waals surface area contributed by atoms with E-state index in [1.165, 1.54) is 5.56 Å². The Morgan fingerprint density at radius 2 is 1.79 bits per heavy atom. The Labute approximate surface area is 115 Å². The highest BCUT2D eigenvalue weighted by molar-refractivity contribution is 5.77. The lowest BCUT2D eigenvalue weighted by Gasteiger charge is -2.19. The van der Waals surface area contributed by atoms with Gasteiger partial charge in [-0.2, -0.15) is 0 Å². The zero-order valence-electron chi connectivity index (χ0n) is 12.2. The summed E-state index contributed by atoms with van der Waals surface area (Å²) in [4.78, 5) is 11.5. The normalized spacial score (nSPS) is 11.2. The quantitative estimate of drug-likeness (QED) is 0.769. The predicted octanol–water partition coefficient (Wildman–Crippen LogP) is 1.70. The number of ether oxygens (including phenoxy) is 1. The maximum Gasteiger partial charge on any atom is 0.257 e. The first-order chi connectivity index (χ1) is 8.93. The average Bonchev–Trinajstić information content (AvgIpc) is 2.36. The van der Waals surface area contributed by atoms with Crippen molar-refractivity contribution in [1.29, 1.82) is 0 Å². The number of carbonyl (C=O) groups is 1. The van der Waals surface area contributed by atoms with Crippen LogP contribution in [-0.4, -0.2) is 32.7 Å². The van der Waals surface area contributed by atoms with Crippen LogP contribution in [0.1, 0.15) is 26.3 Å². The maximum atomic E-state index is 11.5. The Hall–Kier alpha value is -1.55. The van der Waals surface area contributed by atoms with Crippen molar-refractivity contribution in [3.05, 3.63) is 29.8 Å². The summed E-state index contributed by atoms with van der Waals surface area (Å²) in [5.41, 5.74) is 1.38. The fourth-order valence-corrected chi connectivity index (χ4v) is 1.58. The van der Waals surface area contributed by atoms with Gasteiger partial charge >= 0.3 is 0 Å². The molecular formula is C15H24N2O2. The molecule has 0 heterocycles. The molecule has 0 bridgehead atoms. The second-order valence-electron chi connectivity index (χ2n) is 5.52. The first-order valence-corrected chi connectivity index (χ1v) is 6.58. The van der Waals surface area contributed by atoms with Crippen LogP contribution in [0.3, 0.4) is 0 Å². The summed E-state index contributed by atoms with van der Waals surface area (Å²) in [6, 6.07) is 7.88. The van der Waals surface area contributed by atoms with Gasteiger partial charge in [-0.25, -0.2) is 0 Å². The standard InChI is InChI=1S/C15H24N2O2/c1-15(2,3)12-5-7-13(8-6-12)19-11-14(18)17-10-9-16-4/h5-8,16H,9-11H2,1-4H3,(H,17,18). The van der Waals surface area contributed by atoms with Crippen LogP contribution >= 0.6 is 0 Å². The van der Waals surface area contributed by atoms with Crippen molar-refractivity contribution in [2.24, 2.45) is 0 Å². The van der Waals surface area contributed by atoms with E-state index < -0.39 is 0 Å². The summed E-state index contributed by atoms with van der Waals surface area (Å²) in [7, 11) is 1.85. The second kappa shape index (κ2) is 7.14. The van der Waals surface area contributed by atoms with Crippen molar-refractivity contribution in [3.8, 4) is 5.75 Å². The van der Waals surface area contributed by atoms with Crippen LogP contribution in [0, 0.1) is 0 Å². The van der Waals surface area contributed by atoms with Gasteiger partial charge < -0.3 is 15.4 Å². The van der Waals surface area contributed by atoms with E-state index in [2.05, 4.69) is 31.4 Å². The van der Waals surface area contributed by atoms with Crippen LogP contribution in [-0.2, 0) is 10.2 Å². The van der Waals surface area contributed by atoms with E-state index in [1.54, 1.807) is 0 Å². The van der Waals surface area contributed by atoms with E-state index in [1.807, 2.05) is 31.3 Å². The monoisotopic (exact) mass is 264 g/mol. The molecule has 1 amide bonds. The van der Waals surface area contributed by atoms with Crippen molar-refractivity contribution in [2.75, 3.05) is 26.7 Å². The molecule has 19 heavy (non-hydrogen) atoms. The number of benzene rings is 1. The van der Waals surface area contributed by atoms with Gasteiger partial charge in [0.25, 0.3) is 5.91 Å². The average molecular weight is 264 g/mol. The molecule has 1 aromatic carbocycles. The number of hydrogen-bond donors (Lipinski definition) is 2. The van der Waals surface area contributed by atoms with Gasteiger partial charge in [-0.15, -0.1) is 0 Å². The van der Waals surface area contributed by atoms with Crippen molar-refractivity contribution in [1.82, 2.24) is 10.6 Å². The Kier molecular flexibility index (Phi) is 5.83. The molecule has 0 spiro atoms. The van der Waals surface area contributed by atoms with E-state index >= 15 is 0 Å². The molecule has 2 N–H and O–H groups in total. The molecule has 0 aromatic heterocycles. The molecule has 106 valence electrons. The van der Waals surface area contributed by atoms with Gasteiger partial charge in [-0.3, -0.25) is 4.79 Å². The van der Waals surface area contributed by atoms with Crippen LogP contribution in [0.15, 0.2) is 24.3 Å². The van der Waals surface area contributed by atoms with Gasteiger partial charge in [0, 0.05) is 13.1 Å². The highest BCUT2D eigenvalue weighted by Crippen LogP contribution is 2.24. The van der Waals surface area contributed by atoms with E-state index in [4.69, 9.17) is 4.74 Å². The van der Waals surface area contributed by atoms with Gasteiger partial charge in [0.2, 0.25) is 0 Å². The molecule has 4 heteroatoms. The molecule has 0 saturated heterocycles. The van der Waals surface area contributed by atoms with Crippen molar-refractivity contribution in [2.45, 2.75) is 26.2 Å². The summed E-state index contributed by atoms with van der Waals surface area (Å²) in [5.74, 6) is 0.618. The van der Waals surface area contributed by atoms with Crippen molar-refractivity contribution in [3.63, 3.8) is 0 Å². The minimum Gasteiger partial charge on any atom is -0.484 e. The smallest absolute Gasteiger partial charge is 0.257 e. The minimum absolute atomic E-state index is 0.0541.